The summed E-state index contributed by atoms with van der Waals surface area (Å²) in [6.45, 7) is 10.7. The van der Waals surface area contributed by atoms with Crippen molar-refractivity contribution in [2.75, 3.05) is 61.1 Å². The van der Waals surface area contributed by atoms with Crippen LogP contribution in [0.15, 0.2) is 65.8 Å². The molecule has 2 saturated heterocycles. The number of rotatable bonds is 12. The van der Waals surface area contributed by atoms with Gasteiger partial charge in [0.05, 0.1) is 13.2 Å². The first-order chi connectivity index (χ1) is 21.9. The molecule has 2 atom stereocenters. The van der Waals surface area contributed by atoms with E-state index < -0.39 is 5.91 Å². The Morgan fingerprint density at radius 1 is 1.02 bits per heavy atom. The Hall–Kier alpha value is -4.35. The zero-order valence-electron chi connectivity index (χ0n) is 26.7. The van der Waals surface area contributed by atoms with Gasteiger partial charge in [0.1, 0.15) is 12.4 Å². The molecule has 0 bridgehead atoms. The molecule has 5 rings (SSSR count). The summed E-state index contributed by atoms with van der Waals surface area (Å²) in [5.41, 5.74) is 6.77. The predicted molar refractivity (Wildman–Crippen MR) is 181 cm³/mol. The van der Waals surface area contributed by atoms with Gasteiger partial charge in [-0.2, -0.15) is 0 Å². The average molecular weight is 609 g/mol. The third-order valence-electron chi connectivity index (χ3n) is 9.12. The number of amides is 1. The van der Waals surface area contributed by atoms with Crippen LogP contribution in [0, 0.1) is 23.2 Å². The summed E-state index contributed by atoms with van der Waals surface area (Å²) < 4.78 is 12.0. The number of benzene rings is 3. The van der Waals surface area contributed by atoms with Gasteiger partial charge in [-0.15, -0.1) is 11.3 Å². The second-order valence-corrected chi connectivity index (χ2v) is 12.1. The smallest absolute Gasteiger partial charge is 0.316 e. The maximum atomic E-state index is 12.1. The van der Waals surface area contributed by atoms with Crippen LogP contribution < -0.4 is 19.4 Å². The van der Waals surface area contributed by atoms with Gasteiger partial charge in [-0.3, -0.25) is 4.79 Å². The maximum Gasteiger partial charge on any atom is 0.316 e. The third-order valence-corrected chi connectivity index (χ3v) is 9.12. The van der Waals surface area contributed by atoms with Gasteiger partial charge in [0.2, 0.25) is 0 Å². The maximum absolute atomic E-state index is 12.1. The Balaban J connectivity index is 1.31. The summed E-state index contributed by atoms with van der Waals surface area (Å²) in [7, 11) is 1.97. The highest BCUT2D eigenvalue weighted by atomic mass is 16.5. The molecule has 0 N–H and O–H groups in total. The minimum Gasteiger partial charge on any atom is -0.489 e. The number of ether oxygens (including phenoxy) is 2. The molecule has 2 heterocycles. The number of anilines is 3. The van der Waals surface area contributed by atoms with Gasteiger partial charge in [-0.25, -0.2) is 0 Å². The molecule has 8 heteroatoms. The fraction of sp³-hybridized carbons (Fsp3) is 0.432. The molecule has 0 spiro atoms. The molecule has 0 aliphatic carbocycles. The monoisotopic (exact) mass is 608 g/mol. The van der Waals surface area contributed by atoms with E-state index in [9.17, 15) is 9.70 Å². The zero-order valence-corrected chi connectivity index (χ0v) is 26.7. The number of nitroso groups, excluding NO2 is 1. The van der Waals surface area contributed by atoms with Crippen LogP contribution in [-0.2, 0) is 17.9 Å². The Bertz CT molecular complexity index is 1500. The van der Waals surface area contributed by atoms with Crippen LogP contribution in [0.4, 0.5) is 17.1 Å². The summed E-state index contributed by atoms with van der Waals surface area (Å²) in [4.78, 5) is 30.0. The van der Waals surface area contributed by atoms with Crippen molar-refractivity contribution in [1.82, 2.24) is 0 Å². The fourth-order valence-electron chi connectivity index (χ4n) is 6.30. The van der Waals surface area contributed by atoms with E-state index in [0.29, 0.717) is 13.2 Å². The minimum absolute atomic E-state index is 0.122. The molecule has 1 amide bonds. The van der Waals surface area contributed by atoms with E-state index in [0.717, 1.165) is 68.4 Å². The molecule has 236 valence electrons. The van der Waals surface area contributed by atoms with Crippen LogP contribution in [0.5, 0.6) is 5.75 Å². The van der Waals surface area contributed by atoms with Crippen LogP contribution in [0.2, 0.25) is 0 Å². The number of morpholine rings is 1. The molecular formula is C37H44N4O4. The predicted octanol–water partition coefficient (Wildman–Crippen LogP) is 7.01. The molecule has 3 aromatic carbocycles. The van der Waals surface area contributed by atoms with E-state index >= 15 is 0 Å². The Morgan fingerprint density at radius 3 is 2.42 bits per heavy atom. The summed E-state index contributed by atoms with van der Waals surface area (Å²) in [5, 5.41) is 2.62. The first kappa shape index (κ1) is 32.1. The highest BCUT2D eigenvalue weighted by molar-refractivity contribution is 5.96. The first-order valence-electron chi connectivity index (χ1n) is 16.0. The van der Waals surface area contributed by atoms with Crippen LogP contribution in [0.25, 0.3) is 0 Å². The molecule has 45 heavy (non-hydrogen) atoms. The number of nitrogens with zero attached hydrogens (tertiary/aromatic N) is 4. The second kappa shape index (κ2) is 15.1. The van der Waals surface area contributed by atoms with Crippen molar-refractivity contribution in [3.05, 3.63) is 87.8 Å². The molecule has 0 radical (unpaired) electrons. The summed E-state index contributed by atoms with van der Waals surface area (Å²) in [6, 6.07) is 20.1. The van der Waals surface area contributed by atoms with E-state index in [4.69, 9.17) is 15.9 Å². The number of carbonyl (C=O) groups excluding carboxylic acids is 1. The molecule has 2 aliphatic heterocycles. The fourth-order valence-corrected chi connectivity index (χ4v) is 6.30. The number of hydrogen-bond donors (Lipinski definition) is 0. The summed E-state index contributed by atoms with van der Waals surface area (Å²) >= 11 is 0. The largest absolute Gasteiger partial charge is 0.489 e. The lowest BCUT2D eigenvalue weighted by atomic mass is 9.84. The van der Waals surface area contributed by atoms with E-state index in [1.165, 1.54) is 29.8 Å². The van der Waals surface area contributed by atoms with Crippen LogP contribution in [-0.4, -0.2) is 52.3 Å². The van der Waals surface area contributed by atoms with E-state index in [2.05, 4.69) is 70.0 Å². The van der Waals surface area contributed by atoms with Gasteiger partial charge in [-0.05, 0) is 72.4 Å². The Labute approximate surface area is 267 Å². The SMILES string of the molecule is C#CC(c1ccc(C(=O)N=O)cc1N(C)Cc1ccc(OCc2cc(N3CCCC3)ccc2N2CCOCC2)cc1)C(C)CC. The van der Waals surface area contributed by atoms with E-state index in [-0.39, 0.29) is 17.4 Å². The molecule has 8 nitrogen and oxygen atoms in total. The molecule has 2 unspecified atom stereocenters. The molecule has 0 aromatic heterocycles. The van der Waals surface area contributed by atoms with Crippen molar-refractivity contribution in [1.29, 1.82) is 0 Å². The first-order valence-corrected chi connectivity index (χ1v) is 16.0. The Morgan fingerprint density at radius 2 is 1.76 bits per heavy atom. The lowest BCUT2D eigenvalue weighted by molar-refractivity contribution is 0.100. The molecule has 2 fully saturated rings. The van der Waals surface area contributed by atoms with Crippen molar-refractivity contribution < 1.29 is 14.3 Å². The molecule has 0 saturated carbocycles. The second-order valence-electron chi connectivity index (χ2n) is 12.1. The average Bonchev–Trinajstić information content (AvgIpc) is 3.63. The highest BCUT2D eigenvalue weighted by Crippen LogP contribution is 2.35. The summed E-state index contributed by atoms with van der Waals surface area (Å²) in [6.07, 6.45) is 9.38. The number of hydrogen-bond acceptors (Lipinski definition) is 7. The molecule has 2 aliphatic rings. The summed E-state index contributed by atoms with van der Waals surface area (Å²) in [5.74, 6) is 3.09. The zero-order chi connectivity index (χ0) is 31.8. The third kappa shape index (κ3) is 7.66. The topological polar surface area (TPSA) is 74.7 Å². The highest BCUT2D eigenvalue weighted by Gasteiger charge is 2.23. The van der Waals surface area contributed by atoms with Gasteiger partial charge in [0, 0.05) is 79.1 Å². The van der Waals surface area contributed by atoms with E-state index in [1.54, 1.807) is 12.1 Å². The van der Waals surface area contributed by atoms with Crippen LogP contribution in [0.3, 0.4) is 0 Å². The van der Waals surface area contributed by atoms with Gasteiger partial charge in [-0.1, -0.05) is 44.4 Å². The quantitative estimate of drug-likeness (QED) is 0.162. The van der Waals surface area contributed by atoms with Gasteiger partial charge in [0.25, 0.3) is 0 Å². The number of terminal acetylenes is 1. The molecular weight excluding hydrogens is 564 g/mol. The standard InChI is InChI=1S/C37H44N4O4/c1-5-27(3)33(6-2)34-15-11-29(37(42)38-43)24-36(34)39(4)25-28-9-13-32(14-10-28)45-26-30-23-31(40-17-7-8-18-40)12-16-35(30)41-19-21-44-22-20-41/h2,9-16,23-24,27,33H,5,7-8,17-22,25-26H2,1,3-4H3. The van der Waals surface area contributed by atoms with E-state index in [1.807, 2.05) is 25.2 Å². The van der Waals surface area contributed by atoms with Crippen molar-refractivity contribution in [3.63, 3.8) is 0 Å². The van der Waals surface area contributed by atoms with Gasteiger partial charge >= 0.3 is 5.91 Å². The van der Waals surface area contributed by atoms with Crippen LogP contribution >= 0.6 is 0 Å². The number of carbonyl (C=O) groups is 1. The lowest BCUT2D eigenvalue weighted by Crippen LogP contribution is -2.37. The van der Waals surface area contributed by atoms with Crippen molar-refractivity contribution in [2.45, 2.75) is 52.2 Å². The lowest BCUT2D eigenvalue weighted by Gasteiger charge is -2.31. The van der Waals surface area contributed by atoms with Crippen molar-refractivity contribution in [3.8, 4) is 18.1 Å². The normalized spacial score (nSPS) is 16.1. The minimum atomic E-state index is -0.791. The molecule has 3 aromatic rings. The van der Waals surface area contributed by atoms with Crippen molar-refractivity contribution in [2.24, 2.45) is 11.1 Å². The van der Waals surface area contributed by atoms with Gasteiger partial charge < -0.3 is 24.2 Å². The van der Waals surface area contributed by atoms with Gasteiger partial charge in [0.15, 0.2) is 0 Å². The van der Waals surface area contributed by atoms with Crippen molar-refractivity contribution >= 4 is 23.0 Å². The van der Waals surface area contributed by atoms with Crippen LogP contribution in [0.1, 0.15) is 66.1 Å². The Kier molecular flexibility index (Phi) is 10.7.